The quantitative estimate of drug-likeness (QED) is 0.591. The van der Waals surface area contributed by atoms with Gasteiger partial charge in [-0.25, -0.2) is 0 Å². The van der Waals surface area contributed by atoms with E-state index >= 15 is 0 Å². The van der Waals surface area contributed by atoms with Crippen LogP contribution in [-0.4, -0.2) is 16.9 Å². The zero-order valence-corrected chi connectivity index (χ0v) is 12.2. The molecule has 1 aromatic heterocycles. The van der Waals surface area contributed by atoms with Crippen LogP contribution >= 0.6 is 12.2 Å². The fourth-order valence-electron chi connectivity index (χ4n) is 1.58. The van der Waals surface area contributed by atoms with Crippen LogP contribution in [0.25, 0.3) is 6.08 Å². The van der Waals surface area contributed by atoms with Crippen molar-refractivity contribution < 1.29 is 14.0 Å². The Balaban J connectivity index is 1.87. The smallest absolute Gasteiger partial charge is 0.250 e. The molecule has 112 valence electrons. The molecule has 0 radical (unpaired) electrons. The van der Waals surface area contributed by atoms with Crippen molar-refractivity contribution >= 4 is 40.9 Å². The zero-order chi connectivity index (χ0) is 15.9. The van der Waals surface area contributed by atoms with Crippen LogP contribution in [0.3, 0.4) is 0 Å². The summed E-state index contributed by atoms with van der Waals surface area (Å²) < 4.78 is 5.06. The SMILES string of the molecule is NC(=O)c1ccc(NC(=S)NC(=O)C=Cc2ccco2)cc1. The zero-order valence-electron chi connectivity index (χ0n) is 11.4. The molecule has 4 N–H and O–H groups in total. The number of carbonyl (C=O) groups is 2. The molecule has 22 heavy (non-hydrogen) atoms. The number of primary amides is 1. The van der Waals surface area contributed by atoms with Crippen LogP contribution in [0.4, 0.5) is 5.69 Å². The number of nitrogens with two attached hydrogens (primary N) is 1. The summed E-state index contributed by atoms with van der Waals surface area (Å²) in [7, 11) is 0. The lowest BCUT2D eigenvalue weighted by Crippen LogP contribution is -2.32. The minimum absolute atomic E-state index is 0.140. The average molecular weight is 315 g/mol. The van der Waals surface area contributed by atoms with Gasteiger partial charge in [0.2, 0.25) is 11.8 Å². The molecule has 2 aromatic rings. The van der Waals surface area contributed by atoms with E-state index in [-0.39, 0.29) is 11.0 Å². The van der Waals surface area contributed by atoms with E-state index < -0.39 is 5.91 Å². The topological polar surface area (TPSA) is 97.4 Å². The van der Waals surface area contributed by atoms with Crippen molar-refractivity contribution in [1.82, 2.24) is 5.32 Å². The van der Waals surface area contributed by atoms with E-state index in [0.717, 1.165) is 0 Å². The molecule has 0 fully saturated rings. The van der Waals surface area contributed by atoms with Crippen molar-refractivity contribution in [2.24, 2.45) is 5.73 Å². The molecule has 0 saturated carbocycles. The molecule has 0 unspecified atom stereocenters. The van der Waals surface area contributed by atoms with Crippen LogP contribution in [0.15, 0.2) is 53.2 Å². The molecule has 1 aromatic carbocycles. The Morgan fingerprint density at radius 2 is 1.91 bits per heavy atom. The predicted octanol–water partition coefficient (Wildman–Crippen LogP) is 1.90. The number of hydrogen-bond donors (Lipinski definition) is 3. The third-order valence-corrected chi connectivity index (χ3v) is 2.81. The first-order valence-corrected chi connectivity index (χ1v) is 6.69. The van der Waals surface area contributed by atoms with Gasteiger partial charge in [0.05, 0.1) is 6.26 Å². The number of amides is 2. The lowest BCUT2D eigenvalue weighted by atomic mass is 10.2. The first-order valence-electron chi connectivity index (χ1n) is 6.28. The van der Waals surface area contributed by atoms with E-state index in [0.29, 0.717) is 17.0 Å². The lowest BCUT2D eigenvalue weighted by Gasteiger charge is -2.08. The molecule has 0 spiro atoms. The number of rotatable bonds is 4. The van der Waals surface area contributed by atoms with E-state index in [9.17, 15) is 9.59 Å². The summed E-state index contributed by atoms with van der Waals surface area (Å²) in [5.41, 5.74) is 6.17. The van der Waals surface area contributed by atoms with Crippen LogP contribution in [0, 0.1) is 0 Å². The minimum Gasteiger partial charge on any atom is -0.465 e. The van der Waals surface area contributed by atoms with Crippen molar-refractivity contribution in [1.29, 1.82) is 0 Å². The highest BCUT2D eigenvalue weighted by Gasteiger charge is 2.03. The number of carbonyl (C=O) groups excluding carboxylic acids is 2. The fraction of sp³-hybridized carbons (Fsp3) is 0. The average Bonchev–Trinajstić information content (AvgIpc) is 2.99. The Bertz CT molecular complexity index is 706. The van der Waals surface area contributed by atoms with Crippen molar-refractivity contribution in [3.05, 3.63) is 60.1 Å². The maximum atomic E-state index is 11.7. The summed E-state index contributed by atoms with van der Waals surface area (Å²) >= 11 is 5.02. The minimum atomic E-state index is -0.509. The highest BCUT2D eigenvalue weighted by Crippen LogP contribution is 2.09. The largest absolute Gasteiger partial charge is 0.465 e. The Kier molecular flexibility index (Phi) is 5.05. The molecule has 0 aliphatic heterocycles. The molecule has 2 amide bonds. The second-order valence-corrected chi connectivity index (χ2v) is 4.64. The van der Waals surface area contributed by atoms with Crippen molar-refractivity contribution in [3.63, 3.8) is 0 Å². The number of furan rings is 1. The summed E-state index contributed by atoms with van der Waals surface area (Å²) in [6.07, 6.45) is 4.35. The van der Waals surface area contributed by atoms with Crippen LogP contribution in [0.2, 0.25) is 0 Å². The Hall–Kier alpha value is -2.93. The molecular weight excluding hydrogens is 302 g/mol. The molecule has 0 saturated heterocycles. The molecule has 0 atom stereocenters. The molecule has 0 aliphatic rings. The maximum Gasteiger partial charge on any atom is 0.250 e. The highest BCUT2D eigenvalue weighted by molar-refractivity contribution is 7.80. The van der Waals surface area contributed by atoms with E-state index in [4.69, 9.17) is 22.4 Å². The van der Waals surface area contributed by atoms with Gasteiger partial charge in [0.25, 0.3) is 0 Å². The van der Waals surface area contributed by atoms with Crippen molar-refractivity contribution in [3.8, 4) is 0 Å². The van der Waals surface area contributed by atoms with Gasteiger partial charge in [0, 0.05) is 17.3 Å². The Morgan fingerprint density at radius 1 is 1.18 bits per heavy atom. The van der Waals surface area contributed by atoms with E-state index in [1.165, 1.54) is 18.4 Å². The van der Waals surface area contributed by atoms with E-state index in [1.807, 2.05) is 0 Å². The highest BCUT2D eigenvalue weighted by atomic mass is 32.1. The number of hydrogen-bond acceptors (Lipinski definition) is 4. The second kappa shape index (κ2) is 7.19. The maximum absolute atomic E-state index is 11.7. The Labute approximate surface area is 132 Å². The van der Waals surface area contributed by atoms with Crippen LogP contribution in [-0.2, 0) is 4.79 Å². The lowest BCUT2D eigenvalue weighted by molar-refractivity contribution is -0.115. The van der Waals surface area contributed by atoms with Gasteiger partial charge in [0.1, 0.15) is 5.76 Å². The van der Waals surface area contributed by atoms with Gasteiger partial charge >= 0.3 is 0 Å². The molecule has 0 bridgehead atoms. The summed E-state index contributed by atoms with van der Waals surface area (Å²) in [5, 5.41) is 5.45. The molecule has 1 heterocycles. The fourth-order valence-corrected chi connectivity index (χ4v) is 1.80. The first-order chi connectivity index (χ1) is 10.5. The molecular formula is C15H13N3O3S. The second-order valence-electron chi connectivity index (χ2n) is 4.23. The predicted molar refractivity (Wildman–Crippen MR) is 87.1 cm³/mol. The normalized spacial score (nSPS) is 10.4. The summed E-state index contributed by atoms with van der Waals surface area (Å²) in [6, 6.07) is 9.84. The monoisotopic (exact) mass is 315 g/mol. The third-order valence-electron chi connectivity index (χ3n) is 2.61. The standard InChI is InChI=1S/C15H13N3O3S/c16-14(20)10-3-5-11(6-4-10)17-15(22)18-13(19)8-7-12-2-1-9-21-12/h1-9H,(H2,16,20)(H2,17,18,19,22). The van der Waals surface area contributed by atoms with Gasteiger partial charge in [0.15, 0.2) is 5.11 Å². The number of nitrogens with one attached hydrogen (secondary N) is 2. The molecule has 0 aliphatic carbocycles. The molecule has 2 rings (SSSR count). The number of thiocarbonyl (C=S) groups is 1. The van der Waals surface area contributed by atoms with E-state index in [1.54, 1.807) is 36.4 Å². The molecule has 7 heteroatoms. The van der Waals surface area contributed by atoms with E-state index in [2.05, 4.69) is 10.6 Å². The van der Waals surface area contributed by atoms with Gasteiger partial charge in [-0.1, -0.05) is 0 Å². The van der Waals surface area contributed by atoms with Crippen LogP contribution in [0.5, 0.6) is 0 Å². The summed E-state index contributed by atoms with van der Waals surface area (Å²) in [6.45, 7) is 0. The van der Waals surface area contributed by atoms with Crippen molar-refractivity contribution in [2.45, 2.75) is 0 Å². The van der Waals surface area contributed by atoms with Crippen LogP contribution < -0.4 is 16.4 Å². The van der Waals surface area contributed by atoms with Crippen molar-refractivity contribution in [2.75, 3.05) is 5.32 Å². The van der Waals surface area contributed by atoms with Crippen LogP contribution in [0.1, 0.15) is 16.1 Å². The third kappa shape index (κ3) is 4.57. The van der Waals surface area contributed by atoms with Gasteiger partial charge < -0.3 is 15.5 Å². The van der Waals surface area contributed by atoms with Gasteiger partial charge in [-0.3, -0.25) is 14.9 Å². The first kappa shape index (κ1) is 15.5. The van der Waals surface area contributed by atoms with Gasteiger partial charge in [-0.05, 0) is 54.7 Å². The summed E-state index contributed by atoms with van der Waals surface area (Å²) in [5.74, 6) is -0.329. The van der Waals surface area contributed by atoms with Gasteiger partial charge in [-0.2, -0.15) is 0 Å². The number of benzene rings is 1. The number of anilines is 1. The summed E-state index contributed by atoms with van der Waals surface area (Å²) in [4.78, 5) is 22.6. The van der Waals surface area contributed by atoms with Gasteiger partial charge in [-0.15, -0.1) is 0 Å². The molecule has 6 nitrogen and oxygen atoms in total. The Morgan fingerprint density at radius 3 is 2.50 bits per heavy atom.